The summed E-state index contributed by atoms with van der Waals surface area (Å²) >= 11 is 0. The van der Waals surface area contributed by atoms with Crippen LogP contribution in [-0.2, 0) is 9.59 Å². The lowest BCUT2D eigenvalue weighted by Gasteiger charge is -2.16. The van der Waals surface area contributed by atoms with Crippen LogP contribution in [0.3, 0.4) is 0 Å². The first-order valence-electron chi connectivity index (χ1n) is 11.3. The first kappa shape index (κ1) is 23.5. The van der Waals surface area contributed by atoms with Gasteiger partial charge in [-0.2, -0.15) is 0 Å². The van der Waals surface area contributed by atoms with Gasteiger partial charge in [0.05, 0.1) is 29.8 Å². The van der Waals surface area contributed by atoms with E-state index in [9.17, 15) is 19.4 Å². The van der Waals surface area contributed by atoms with E-state index in [2.05, 4.69) is 0 Å². The van der Waals surface area contributed by atoms with Crippen molar-refractivity contribution in [3.05, 3.63) is 71.7 Å². The van der Waals surface area contributed by atoms with Gasteiger partial charge in [0.2, 0.25) is 0 Å². The third kappa shape index (κ3) is 6.46. The van der Waals surface area contributed by atoms with Crippen molar-refractivity contribution in [3.63, 3.8) is 0 Å². The molecule has 34 heavy (non-hydrogen) atoms. The average Bonchev–Trinajstić information content (AvgIpc) is 3.62. The van der Waals surface area contributed by atoms with E-state index >= 15 is 0 Å². The maximum absolute atomic E-state index is 13.6. The number of halogens is 1. The molecule has 0 spiro atoms. The number of aliphatic hydroxyl groups excluding tert-OH is 2. The van der Waals surface area contributed by atoms with Crippen molar-refractivity contribution in [3.8, 4) is 11.1 Å². The molecular formula is C26H26FNO6. The number of pyridine rings is 1. The second-order valence-corrected chi connectivity index (χ2v) is 8.09. The molecule has 1 heterocycles. The van der Waals surface area contributed by atoms with E-state index in [1.807, 2.05) is 24.3 Å². The van der Waals surface area contributed by atoms with E-state index in [1.54, 1.807) is 24.3 Å². The Bertz CT molecular complexity index is 1220. The summed E-state index contributed by atoms with van der Waals surface area (Å²) in [7, 11) is 0. The Balaban J connectivity index is 0.000000795. The lowest BCUT2D eigenvalue weighted by Crippen LogP contribution is -2.19. The summed E-state index contributed by atoms with van der Waals surface area (Å²) in [5, 5.41) is 37.0. The second kappa shape index (κ2) is 11.5. The third-order valence-electron chi connectivity index (χ3n) is 5.47. The monoisotopic (exact) mass is 468 g/mol. The number of hydrogen-bond acceptors (Lipinski definition) is 5. The summed E-state index contributed by atoms with van der Waals surface area (Å²) in [6.07, 6.45) is 1.22. The van der Waals surface area contributed by atoms with Crippen LogP contribution in [0.1, 0.15) is 44.2 Å². The van der Waals surface area contributed by atoms with Gasteiger partial charge in [0, 0.05) is 28.9 Å². The van der Waals surface area contributed by atoms with Crippen molar-refractivity contribution in [1.29, 1.82) is 0 Å². The van der Waals surface area contributed by atoms with Crippen LogP contribution in [0.5, 0.6) is 0 Å². The topological polar surface area (TPSA) is 128 Å². The number of benzene rings is 2. The lowest BCUT2D eigenvalue weighted by atomic mass is 9.92. The predicted octanol–water partition coefficient (Wildman–Crippen LogP) is 4.22. The summed E-state index contributed by atoms with van der Waals surface area (Å²) in [5.74, 6) is -1.10. The van der Waals surface area contributed by atoms with Gasteiger partial charge in [-0.05, 0) is 36.6 Å². The van der Waals surface area contributed by atoms with Crippen molar-refractivity contribution in [1.82, 2.24) is 4.98 Å². The quantitative estimate of drug-likeness (QED) is 0.365. The number of carbonyl (C=O) groups is 2. The highest BCUT2D eigenvalue weighted by atomic mass is 19.1. The minimum Gasteiger partial charge on any atom is -0.483 e. The van der Waals surface area contributed by atoms with E-state index in [0.717, 1.165) is 46.1 Å². The van der Waals surface area contributed by atoms with Crippen LogP contribution >= 0.6 is 0 Å². The highest BCUT2D eigenvalue weighted by Gasteiger charge is 2.29. The number of carboxylic acids is 1. The first-order valence-corrected chi connectivity index (χ1v) is 10.8. The van der Waals surface area contributed by atoms with Gasteiger partial charge in [-0.1, -0.05) is 42.5 Å². The molecule has 1 fully saturated rings. The molecule has 2 atom stereocenters. The van der Waals surface area contributed by atoms with Crippen LogP contribution in [0.25, 0.3) is 28.1 Å². The molecule has 178 valence electrons. The van der Waals surface area contributed by atoms with Gasteiger partial charge in [-0.25, -0.2) is 4.39 Å². The number of rotatable bonds is 8. The minimum absolute atomic E-state index is 0.0749. The maximum atomic E-state index is 13.6. The zero-order valence-electron chi connectivity index (χ0n) is 19.3. The van der Waals surface area contributed by atoms with E-state index in [4.69, 9.17) is 21.4 Å². The highest BCUT2D eigenvalue weighted by Crippen LogP contribution is 2.45. The highest BCUT2D eigenvalue weighted by molar-refractivity contribution is 5.99. The molecule has 1 saturated carbocycles. The maximum Gasteiger partial charge on any atom is 0.305 e. The summed E-state index contributed by atoms with van der Waals surface area (Å²) in [5.41, 5.74) is 4.43. The molecule has 4 rings (SSSR count). The van der Waals surface area contributed by atoms with E-state index < -0.39 is 31.0 Å². The number of nitrogens with zero attached hydrogens (tertiary/aromatic N) is 1. The van der Waals surface area contributed by atoms with Crippen molar-refractivity contribution >= 4 is 29.4 Å². The smallest absolute Gasteiger partial charge is 0.305 e. The molecule has 0 saturated heterocycles. The molecule has 3 aromatic rings. The van der Waals surface area contributed by atoms with E-state index in [1.165, 1.54) is 12.1 Å². The van der Waals surface area contributed by atoms with Gasteiger partial charge in [-0.15, -0.1) is 0 Å². The molecule has 7 nitrogen and oxygen atoms in total. The molecule has 0 aliphatic heterocycles. The van der Waals surface area contributed by atoms with Crippen LogP contribution < -0.4 is 0 Å². The Morgan fingerprint density at radius 3 is 2.44 bits per heavy atom. The molecule has 8 heteroatoms. The minimum atomic E-state index is -1.58. The number of aliphatic hydroxyl groups is 2. The summed E-state index contributed by atoms with van der Waals surface area (Å²) < 4.78 is 19.1. The van der Waals surface area contributed by atoms with Gasteiger partial charge in [0.15, 0.2) is 1.37 Å². The van der Waals surface area contributed by atoms with Gasteiger partial charge >= 0.3 is 5.97 Å². The molecule has 1 aliphatic carbocycles. The van der Waals surface area contributed by atoms with E-state index in [-0.39, 0.29) is 12.2 Å². The fourth-order valence-electron chi connectivity index (χ4n) is 3.86. The molecule has 0 radical (unpaired) electrons. The number of aliphatic carboxylic acids is 1. The first-order chi connectivity index (χ1) is 16.7. The zero-order valence-corrected chi connectivity index (χ0v) is 18.3. The molecule has 1 aliphatic rings. The zero-order chi connectivity index (χ0) is 25.5. The standard InChI is InChI=1S/C25H24FNO4.CH2O2/c26-17-9-7-15(8-10-17)24-20-3-1-2-4-22(20)27-25(16-5-6-16)21(24)12-11-18(28)13-19(29)14-23(30)31;2-1-3/h1-4,7-12,16,18-19,28-29H,5-6,13-14H2,(H,30,31);1H,(H,2,3)/b12-11+;/t18-,19-;/m1./s1/i;1D. The normalized spacial score (nSPS) is 15.3. The van der Waals surface area contributed by atoms with Crippen molar-refractivity contribution in [2.24, 2.45) is 0 Å². The predicted molar refractivity (Wildman–Crippen MR) is 126 cm³/mol. The summed E-state index contributed by atoms with van der Waals surface area (Å²) in [6.45, 7) is 0. The molecule has 1 aromatic heterocycles. The van der Waals surface area contributed by atoms with Gasteiger partial charge in [0.25, 0.3) is 6.45 Å². The number of aromatic nitrogens is 1. The van der Waals surface area contributed by atoms with Crippen LogP contribution in [0.2, 0.25) is 0 Å². The number of para-hydroxylation sites is 1. The fraction of sp³-hybridized carbons (Fsp3) is 0.269. The Hall–Kier alpha value is -3.62. The lowest BCUT2D eigenvalue weighted by molar-refractivity contribution is -0.139. The summed E-state index contributed by atoms with van der Waals surface area (Å²) in [6, 6.07) is 14.1. The average molecular weight is 468 g/mol. The molecule has 0 unspecified atom stereocenters. The molecule has 2 aromatic carbocycles. The molecule has 4 N–H and O–H groups in total. The van der Waals surface area contributed by atoms with Crippen LogP contribution in [0.4, 0.5) is 4.39 Å². The van der Waals surface area contributed by atoms with Crippen molar-refractivity contribution in [2.45, 2.75) is 43.8 Å². The Labute approximate surface area is 197 Å². The van der Waals surface area contributed by atoms with Gasteiger partial charge in [-0.3, -0.25) is 14.6 Å². The third-order valence-corrected chi connectivity index (χ3v) is 5.47. The Morgan fingerprint density at radius 2 is 1.82 bits per heavy atom. The SMILES string of the molecule is O=C(O)C[C@H](O)C[C@H](O)/C=C/c1c(C2CC2)nc2ccccc2c1-c1ccc(F)cc1.[2H]C(=O)O. The summed E-state index contributed by atoms with van der Waals surface area (Å²) in [4.78, 5) is 24.3. The second-order valence-electron chi connectivity index (χ2n) is 8.09. The van der Waals surface area contributed by atoms with E-state index in [0.29, 0.717) is 5.92 Å². The van der Waals surface area contributed by atoms with Crippen LogP contribution in [0.15, 0.2) is 54.6 Å². The fourth-order valence-corrected chi connectivity index (χ4v) is 3.86. The Kier molecular flexibility index (Phi) is 7.95. The van der Waals surface area contributed by atoms with Gasteiger partial charge < -0.3 is 20.4 Å². The van der Waals surface area contributed by atoms with Crippen molar-refractivity contribution in [2.75, 3.05) is 0 Å². The Morgan fingerprint density at radius 1 is 1.18 bits per heavy atom. The number of hydrogen-bond donors (Lipinski definition) is 4. The molecule has 0 bridgehead atoms. The molecule has 0 amide bonds. The number of fused-ring (bicyclic) bond motifs is 1. The molecular weight excluding hydrogens is 441 g/mol. The van der Waals surface area contributed by atoms with Crippen LogP contribution in [-0.4, -0.2) is 50.0 Å². The largest absolute Gasteiger partial charge is 0.483 e. The number of carboxylic acid groups (broad SMARTS) is 2. The van der Waals surface area contributed by atoms with Gasteiger partial charge in [0.1, 0.15) is 5.82 Å². The van der Waals surface area contributed by atoms with Crippen LogP contribution in [0, 0.1) is 5.82 Å². The van der Waals surface area contributed by atoms with Crippen molar-refractivity contribution < 1.29 is 35.8 Å².